The molecule has 0 radical (unpaired) electrons. The number of nitro benzene ring substituents is 1. The second-order valence-electron chi connectivity index (χ2n) is 7.43. The van der Waals surface area contributed by atoms with E-state index < -0.39 is 41.3 Å². The lowest BCUT2D eigenvalue weighted by molar-refractivity contribution is -0.384. The Kier molecular flexibility index (Phi) is 6.69. The number of imide groups is 1. The van der Waals surface area contributed by atoms with Gasteiger partial charge in [-0.05, 0) is 34.1 Å². The Morgan fingerprint density at radius 2 is 1.57 bits per heavy atom. The Hall–Kier alpha value is -4.38. The SMILES string of the molecule is O=C(CN1C(=O)c2ccccc2C1=O)OC(C(=O)Nc1ccc([N+](=O)[O-])cc1Br)c1ccccc1. The molecule has 0 saturated carbocycles. The quantitative estimate of drug-likeness (QED) is 0.209. The van der Waals surface area contributed by atoms with Crippen LogP contribution in [0.3, 0.4) is 0 Å². The van der Waals surface area contributed by atoms with Gasteiger partial charge in [-0.1, -0.05) is 42.5 Å². The predicted molar refractivity (Wildman–Crippen MR) is 127 cm³/mol. The summed E-state index contributed by atoms with van der Waals surface area (Å²) in [5.74, 6) is -2.95. The van der Waals surface area contributed by atoms with Crippen molar-refractivity contribution in [2.45, 2.75) is 6.10 Å². The first-order valence-corrected chi connectivity index (χ1v) is 11.0. The van der Waals surface area contributed by atoms with Gasteiger partial charge in [-0.15, -0.1) is 0 Å². The Balaban J connectivity index is 1.52. The summed E-state index contributed by atoms with van der Waals surface area (Å²) in [5, 5.41) is 13.5. The first-order valence-electron chi connectivity index (χ1n) is 10.2. The summed E-state index contributed by atoms with van der Waals surface area (Å²) in [6.07, 6.45) is -1.42. The molecule has 0 aromatic heterocycles. The van der Waals surface area contributed by atoms with Crippen molar-refractivity contribution in [3.05, 3.63) is 104 Å². The van der Waals surface area contributed by atoms with Crippen LogP contribution in [0.5, 0.6) is 0 Å². The minimum Gasteiger partial charge on any atom is -0.446 e. The van der Waals surface area contributed by atoms with Crippen molar-refractivity contribution >= 4 is 51.0 Å². The molecule has 1 atom stereocenters. The number of hydrogen-bond donors (Lipinski definition) is 1. The van der Waals surface area contributed by atoms with E-state index in [1.165, 1.54) is 30.3 Å². The summed E-state index contributed by atoms with van der Waals surface area (Å²) >= 11 is 3.18. The largest absolute Gasteiger partial charge is 0.446 e. The highest BCUT2D eigenvalue weighted by molar-refractivity contribution is 9.10. The van der Waals surface area contributed by atoms with Gasteiger partial charge in [-0.25, -0.2) is 0 Å². The molecular formula is C24H16BrN3O7. The van der Waals surface area contributed by atoms with E-state index in [-0.39, 0.29) is 27.0 Å². The maximum absolute atomic E-state index is 13.1. The minimum atomic E-state index is -1.42. The van der Waals surface area contributed by atoms with Gasteiger partial charge in [0.2, 0.25) is 6.10 Å². The number of carbonyl (C=O) groups is 4. The van der Waals surface area contributed by atoms with Gasteiger partial charge in [-0.2, -0.15) is 0 Å². The number of nitrogens with zero attached hydrogens (tertiary/aromatic N) is 2. The Bertz CT molecular complexity index is 1330. The molecule has 11 heteroatoms. The summed E-state index contributed by atoms with van der Waals surface area (Å²) in [6.45, 7) is -0.676. The Morgan fingerprint density at radius 3 is 2.14 bits per heavy atom. The number of halogens is 1. The third-order valence-corrected chi connectivity index (χ3v) is 5.83. The average molecular weight is 538 g/mol. The third-order valence-electron chi connectivity index (χ3n) is 5.18. The van der Waals surface area contributed by atoms with Gasteiger partial charge in [0.25, 0.3) is 23.4 Å². The highest BCUT2D eigenvalue weighted by Crippen LogP contribution is 2.29. The molecule has 1 unspecified atom stereocenters. The monoisotopic (exact) mass is 537 g/mol. The number of amides is 3. The van der Waals surface area contributed by atoms with Crippen LogP contribution in [0.15, 0.2) is 77.3 Å². The van der Waals surface area contributed by atoms with Crippen molar-refractivity contribution in [2.75, 3.05) is 11.9 Å². The zero-order valence-electron chi connectivity index (χ0n) is 17.8. The number of anilines is 1. The highest BCUT2D eigenvalue weighted by Gasteiger charge is 2.37. The van der Waals surface area contributed by atoms with Gasteiger partial charge in [0.05, 0.1) is 21.7 Å². The van der Waals surface area contributed by atoms with Gasteiger partial charge < -0.3 is 10.1 Å². The van der Waals surface area contributed by atoms with Crippen molar-refractivity contribution in [1.29, 1.82) is 0 Å². The number of esters is 1. The standard InChI is InChI=1S/C24H16BrN3O7/c25-18-12-15(28(33)34)10-11-19(18)26-22(30)21(14-6-2-1-3-7-14)35-20(29)13-27-23(31)16-8-4-5-9-17(16)24(27)32/h1-12,21H,13H2,(H,26,30). The van der Waals surface area contributed by atoms with Crippen LogP contribution < -0.4 is 5.32 Å². The summed E-state index contributed by atoms with van der Waals surface area (Å²) in [4.78, 5) is 62.0. The van der Waals surface area contributed by atoms with Crippen molar-refractivity contribution in [2.24, 2.45) is 0 Å². The number of hydrogen-bond acceptors (Lipinski definition) is 7. The maximum atomic E-state index is 13.1. The van der Waals surface area contributed by atoms with Crippen LogP contribution in [0.1, 0.15) is 32.4 Å². The van der Waals surface area contributed by atoms with Crippen LogP contribution in [0, 0.1) is 10.1 Å². The molecule has 0 fully saturated rings. The molecule has 176 valence electrons. The van der Waals surface area contributed by atoms with Crippen molar-refractivity contribution < 1.29 is 28.8 Å². The van der Waals surface area contributed by atoms with E-state index in [2.05, 4.69) is 21.2 Å². The molecule has 1 aliphatic rings. The number of non-ortho nitro benzene ring substituents is 1. The molecule has 1 heterocycles. The molecule has 3 aromatic rings. The minimum absolute atomic E-state index is 0.179. The third kappa shape index (κ3) is 4.94. The van der Waals surface area contributed by atoms with E-state index in [9.17, 15) is 29.3 Å². The van der Waals surface area contributed by atoms with Crippen LogP contribution >= 0.6 is 15.9 Å². The maximum Gasteiger partial charge on any atom is 0.327 e. The topological polar surface area (TPSA) is 136 Å². The number of ether oxygens (including phenoxy) is 1. The second-order valence-corrected chi connectivity index (χ2v) is 8.29. The summed E-state index contributed by atoms with van der Waals surface area (Å²) in [6, 6.07) is 18.1. The van der Waals surface area contributed by atoms with Crippen LogP contribution in [0.25, 0.3) is 0 Å². The second kappa shape index (κ2) is 9.85. The Labute approximate surface area is 206 Å². The van der Waals surface area contributed by atoms with Crippen LogP contribution in [-0.2, 0) is 14.3 Å². The smallest absolute Gasteiger partial charge is 0.327 e. The van der Waals surface area contributed by atoms with Gasteiger partial charge in [-0.3, -0.25) is 34.2 Å². The van der Waals surface area contributed by atoms with Gasteiger partial charge in [0, 0.05) is 22.2 Å². The highest BCUT2D eigenvalue weighted by atomic mass is 79.9. The molecule has 1 N–H and O–H groups in total. The van der Waals surface area contributed by atoms with E-state index in [0.717, 1.165) is 4.90 Å². The number of carbonyl (C=O) groups excluding carboxylic acids is 4. The van der Waals surface area contributed by atoms with E-state index in [1.54, 1.807) is 42.5 Å². The van der Waals surface area contributed by atoms with Crippen LogP contribution in [-0.4, -0.2) is 40.1 Å². The van der Waals surface area contributed by atoms with E-state index in [0.29, 0.717) is 5.56 Å². The number of rotatable bonds is 7. The predicted octanol–water partition coefficient (Wildman–Crippen LogP) is 3.88. The normalized spacial score (nSPS) is 13.2. The zero-order valence-corrected chi connectivity index (χ0v) is 19.4. The van der Waals surface area contributed by atoms with Crippen LogP contribution in [0.4, 0.5) is 11.4 Å². The molecule has 0 saturated heterocycles. The van der Waals surface area contributed by atoms with E-state index in [4.69, 9.17) is 4.74 Å². The number of nitro groups is 1. The van der Waals surface area contributed by atoms with E-state index in [1.807, 2.05) is 0 Å². The molecule has 0 spiro atoms. The number of benzene rings is 3. The summed E-state index contributed by atoms with van der Waals surface area (Å²) < 4.78 is 5.66. The van der Waals surface area contributed by atoms with Gasteiger partial charge in [0.15, 0.2) is 0 Å². The first kappa shape index (κ1) is 23.8. The fraction of sp³-hybridized carbons (Fsp3) is 0.0833. The zero-order chi connectivity index (χ0) is 25.1. The van der Waals surface area contributed by atoms with Crippen molar-refractivity contribution in [3.63, 3.8) is 0 Å². The molecule has 3 amide bonds. The molecular weight excluding hydrogens is 522 g/mol. The molecule has 3 aromatic carbocycles. The van der Waals surface area contributed by atoms with Crippen LogP contribution in [0.2, 0.25) is 0 Å². The molecule has 0 aliphatic carbocycles. The van der Waals surface area contributed by atoms with Gasteiger partial charge >= 0.3 is 5.97 Å². The average Bonchev–Trinajstić information content (AvgIpc) is 3.09. The van der Waals surface area contributed by atoms with E-state index >= 15 is 0 Å². The van der Waals surface area contributed by atoms with Crippen molar-refractivity contribution in [3.8, 4) is 0 Å². The fourth-order valence-electron chi connectivity index (χ4n) is 3.50. The first-order chi connectivity index (χ1) is 16.8. The molecule has 35 heavy (non-hydrogen) atoms. The van der Waals surface area contributed by atoms with Crippen molar-refractivity contribution in [1.82, 2.24) is 4.90 Å². The number of nitrogens with one attached hydrogen (secondary N) is 1. The molecule has 10 nitrogen and oxygen atoms in total. The molecule has 4 rings (SSSR count). The lowest BCUT2D eigenvalue weighted by Crippen LogP contribution is -2.37. The fourth-order valence-corrected chi connectivity index (χ4v) is 3.96. The molecule has 1 aliphatic heterocycles. The lowest BCUT2D eigenvalue weighted by atomic mass is 10.1. The molecule has 0 bridgehead atoms. The summed E-state index contributed by atoms with van der Waals surface area (Å²) in [7, 11) is 0. The Morgan fingerprint density at radius 1 is 0.971 bits per heavy atom. The number of fused-ring (bicyclic) bond motifs is 1. The van der Waals surface area contributed by atoms with Gasteiger partial charge in [0.1, 0.15) is 6.54 Å². The summed E-state index contributed by atoms with van der Waals surface area (Å²) in [5.41, 5.74) is 0.759. The lowest BCUT2D eigenvalue weighted by Gasteiger charge is -2.20.